The Morgan fingerprint density at radius 2 is 1.00 bits per heavy atom. The van der Waals surface area contributed by atoms with Gasteiger partial charge in [-0.2, -0.15) is 0 Å². The van der Waals surface area contributed by atoms with Gasteiger partial charge in [0.15, 0.2) is 0 Å². The molecule has 64 heavy (non-hydrogen) atoms. The molecule has 0 heterocycles. The summed E-state index contributed by atoms with van der Waals surface area (Å²) in [6, 6.07) is -0.886. The Labute approximate surface area is 396 Å². The van der Waals surface area contributed by atoms with E-state index >= 15 is 0 Å². The SMILES string of the molecule is CC/C=C/C/C=C/CCCCCCCCCC(=O)NC(COP(=O)([O-])OCC[N+](C)(C)C)C(/C=C/CCCCCCCCCCC)OC(=O)CCCCCCCCCCCCCCC. The van der Waals surface area contributed by atoms with E-state index in [-0.39, 0.29) is 31.5 Å². The zero-order valence-corrected chi connectivity index (χ0v) is 43.6. The zero-order chi connectivity index (χ0) is 47.3. The van der Waals surface area contributed by atoms with Gasteiger partial charge in [0, 0.05) is 12.8 Å². The number of allylic oxidation sites excluding steroid dienone is 5. The maximum Gasteiger partial charge on any atom is 0.306 e. The van der Waals surface area contributed by atoms with Crippen LogP contribution in [0.1, 0.15) is 245 Å². The Kier molecular flexibility index (Phi) is 43.8. The van der Waals surface area contributed by atoms with Gasteiger partial charge in [0.2, 0.25) is 5.91 Å². The quantitative estimate of drug-likeness (QED) is 0.0212. The predicted octanol–water partition coefficient (Wildman–Crippen LogP) is 15.0. The Balaban J connectivity index is 5.38. The van der Waals surface area contributed by atoms with Crippen molar-refractivity contribution in [2.24, 2.45) is 0 Å². The molecule has 1 amide bonds. The number of phosphoric acid groups is 1. The Bertz CT molecular complexity index is 1200. The van der Waals surface area contributed by atoms with Gasteiger partial charge in [-0.05, 0) is 57.4 Å². The number of amides is 1. The first-order valence-electron chi connectivity index (χ1n) is 26.8. The van der Waals surface area contributed by atoms with Gasteiger partial charge in [0.25, 0.3) is 7.82 Å². The summed E-state index contributed by atoms with van der Waals surface area (Å²) in [5.41, 5.74) is 0. The molecule has 10 heteroatoms. The summed E-state index contributed by atoms with van der Waals surface area (Å²) < 4.78 is 30.1. The molecular weight excluding hydrogens is 820 g/mol. The molecule has 0 bridgehead atoms. The van der Waals surface area contributed by atoms with E-state index in [1.165, 1.54) is 128 Å². The topological polar surface area (TPSA) is 114 Å². The second-order valence-electron chi connectivity index (χ2n) is 19.4. The molecule has 0 aromatic rings. The van der Waals surface area contributed by atoms with Crippen LogP contribution in [0.2, 0.25) is 0 Å². The molecule has 0 aromatic heterocycles. The second-order valence-corrected chi connectivity index (χ2v) is 20.8. The van der Waals surface area contributed by atoms with Crippen LogP contribution in [0.15, 0.2) is 36.5 Å². The normalized spacial score (nSPS) is 14.2. The maximum atomic E-state index is 13.4. The number of hydrogen-bond donors (Lipinski definition) is 1. The minimum absolute atomic E-state index is 0.0223. The summed E-state index contributed by atoms with van der Waals surface area (Å²) in [5, 5.41) is 3.01. The van der Waals surface area contributed by atoms with E-state index in [0.717, 1.165) is 83.5 Å². The van der Waals surface area contributed by atoms with Crippen molar-refractivity contribution in [3.05, 3.63) is 36.5 Å². The number of nitrogens with one attached hydrogen (secondary N) is 1. The van der Waals surface area contributed by atoms with Gasteiger partial charge in [0.1, 0.15) is 19.3 Å². The average Bonchev–Trinajstić information content (AvgIpc) is 3.25. The Hall–Kier alpha value is -1.77. The van der Waals surface area contributed by atoms with E-state index < -0.39 is 20.0 Å². The summed E-state index contributed by atoms with van der Waals surface area (Å²) >= 11 is 0. The van der Waals surface area contributed by atoms with Gasteiger partial charge in [-0.25, -0.2) is 0 Å². The fourth-order valence-electron chi connectivity index (χ4n) is 7.68. The molecular formula is C54H103N2O7P. The Morgan fingerprint density at radius 1 is 0.562 bits per heavy atom. The molecule has 3 atom stereocenters. The number of hydrogen-bond acceptors (Lipinski definition) is 7. The molecule has 0 spiro atoms. The summed E-state index contributed by atoms with van der Waals surface area (Å²) in [7, 11) is 1.18. The summed E-state index contributed by atoms with van der Waals surface area (Å²) in [5.74, 6) is -0.546. The smallest absolute Gasteiger partial charge is 0.306 e. The number of rotatable bonds is 48. The number of ether oxygens (including phenoxy) is 1. The molecule has 0 radical (unpaired) electrons. The molecule has 376 valence electrons. The number of quaternary nitrogens is 1. The highest BCUT2D eigenvalue weighted by molar-refractivity contribution is 7.45. The lowest BCUT2D eigenvalue weighted by molar-refractivity contribution is -0.870. The summed E-state index contributed by atoms with van der Waals surface area (Å²) in [6.45, 7) is 6.72. The highest BCUT2D eigenvalue weighted by atomic mass is 31.2. The number of nitrogens with zero attached hydrogens (tertiary/aromatic N) is 1. The lowest BCUT2D eigenvalue weighted by atomic mass is 10.0. The molecule has 0 saturated carbocycles. The van der Waals surface area contributed by atoms with Crippen molar-refractivity contribution in [3.63, 3.8) is 0 Å². The molecule has 0 aliphatic heterocycles. The van der Waals surface area contributed by atoms with Crippen molar-refractivity contribution >= 4 is 19.7 Å². The zero-order valence-electron chi connectivity index (χ0n) is 42.7. The van der Waals surface area contributed by atoms with E-state index in [1.807, 2.05) is 33.3 Å². The maximum absolute atomic E-state index is 13.4. The third-order valence-electron chi connectivity index (χ3n) is 11.8. The van der Waals surface area contributed by atoms with Crippen LogP contribution >= 0.6 is 7.82 Å². The standard InChI is InChI=1S/C54H103N2O7P/c1-7-10-13-16-19-22-25-27-29-31-34-37-40-43-46-53(57)55-51(50-62-64(59,60)61-49-48-56(4,5)6)52(45-42-39-36-33-30-24-21-18-15-12-9-3)63-54(58)47-44-41-38-35-32-28-26-23-20-17-14-11-8-2/h10,13,19,22,42,45,51-52H,7-9,11-12,14-18,20-21,23-41,43-44,46-50H2,1-6H3,(H-,55,57,59,60)/b13-10+,22-19+,45-42+. The third kappa shape index (κ3) is 45.4. The summed E-state index contributed by atoms with van der Waals surface area (Å²) in [4.78, 5) is 39.7. The van der Waals surface area contributed by atoms with E-state index in [4.69, 9.17) is 13.8 Å². The van der Waals surface area contributed by atoms with Crippen LogP contribution in [0.4, 0.5) is 0 Å². The van der Waals surface area contributed by atoms with Crippen LogP contribution in [-0.2, 0) is 27.9 Å². The largest absolute Gasteiger partial charge is 0.756 e. The first-order valence-corrected chi connectivity index (χ1v) is 28.3. The van der Waals surface area contributed by atoms with Crippen molar-refractivity contribution in [1.82, 2.24) is 5.32 Å². The number of esters is 1. The number of carbonyl (C=O) groups excluding carboxylic acids is 2. The molecule has 3 unspecified atom stereocenters. The molecule has 0 rings (SSSR count). The Morgan fingerprint density at radius 3 is 1.48 bits per heavy atom. The fourth-order valence-corrected chi connectivity index (χ4v) is 8.40. The average molecular weight is 923 g/mol. The number of likely N-dealkylation sites (N-methyl/N-ethyl adjacent to an activating group) is 1. The van der Waals surface area contributed by atoms with Crippen molar-refractivity contribution in [2.75, 3.05) is 40.9 Å². The van der Waals surface area contributed by atoms with Crippen LogP contribution < -0.4 is 10.2 Å². The van der Waals surface area contributed by atoms with Gasteiger partial charge in [-0.15, -0.1) is 0 Å². The minimum atomic E-state index is -4.69. The van der Waals surface area contributed by atoms with Gasteiger partial charge >= 0.3 is 5.97 Å². The number of unbranched alkanes of at least 4 members (excludes halogenated alkanes) is 28. The first kappa shape index (κ1) is 62.2. The van der Waals surface area contributed by atoms with E-state index in [1.54, 1.807) is 0 Å². The van der Waals surface area contributed by atoms with E-state index in [0.29, 0.717) is 17.4 Å². The first-order chi connectivity index (χ1) is 30.9. The lowest BCUT2D eigenvalue weighted by Gasteiger charge is -2.30. The lowest BCUT2D eigenvalue weighted by Crippen LogP contribution is -2.47. The van der Waals surface area contributed by atoms with Crippen LogP contribution in [0.3, 0.4) is 0 Å². The van der Waals surface area contributed by atoms with Gasteiger partial charge in [-0.1, -0.05) is 212 Å². The fraction of sp³-hybridized carbons (Fsp3) is 0.852. The monoisotopic (exact) mass is 923 g/mol. The van der Waals surface area contributed by atoms with E-state index in [9.17, 15) is 19.0 Å². The van der Waals surface area contributed by atoms with Crippen molar-refractivity contribution in [3.8, 4) is 0 Å². The molecule has 0 fully saturated rings. The van der Waals surface area contributed by atoms with Crippen LogP contribution in [-0.4, -0.2) is 69.4 Å². The van der Waals surface area contributed by atoms with Gasteiger partial charge < -0.3 is 28.5 Å². The van der Waals surface area contributed by atoms with E-state index in [2.05, 4.69) is 50.4 Å². The highest BCUT2D eigenvalue weighted by Crippen LogP contribution is 2.38. The molecule has 0 aliphatic carbocycles. The molecule has 1 N–H and O–H groups in total. The summed E-state index contributed by atoms with van der Waals surface area (Å²) in [6.07, 6.45) is 51.0. The third-order valence-corrected chi connectivity index (χ3v) is 12.8. The predicted molar refractivity (Wildman–Crippen MR) is 270 cm³/mol. The van der Waals surface area contributed by atoms with Gasteiger partial charge in [0.05, 0.1) is 33.8 Å². The molecule has 0 aromatic carbocycles. The van der Waals surface area contributed by atoms with Crippen LogP contribution in [0.25, 0.3) is 0 Å². The molecule has 0 aliphatic rings. The number of carbonyl (C=O) groups is 2. The molecule has 9 nitrogen and oxygen atoms in total. The number of phosphoric ester groups is 1. The molecule has 0 saturated heterocycles. The van der Waals surface area contributed by atoms with Crippen molar-refractivity contribution in [2.45, 2.75) is 258 Å². The highest BCUT2D eigenvalue weighted by Gasteiger charge is 2.27. The van der Waals surface area contributed by atoms with Crippen molar-refractivity contribution in [1.29, 1.82) is 0 Å². The van der Waals surface area contributed by atoms with Crippen LogP contribution in [0.5, 0.6) is 0 Å². The van der Waals surface area contributed by atoms with Gasteiger partial charge in [-0.3, -0.25) is 14.2 Å². The van der Waals surface area contributed by atoms with Crippen LogP contribution in [0, 0.1) is 0 Å². The minimum Gasteiger partial charge on any atom is -0.756 e. The van der Waals surface area contributed by atoms with Crippen molar-refractivity contribution < 1.29 is 37.3 Å². The second kappa shape index (κ2) is 45.0.